The molecule has 4 heterocycles. The number of likely N-dealkylation sites (tertiary alicyclic amines) is 2. The van der Waals surface area contributed by atoms with E-state index in [2.05, 4.69) is 27.1 Å². The lowest BCUT2D eigenvalue weighted by Gasteiger charge is -2.31. The van der Waals surface area contributed by atoms with Gasteiger partial charge in [-0.1, -0.05) is 96.8 Å². The Labute approximate surface area is 356 Å². The molecular formula is C50H50N8O3. The van der Waals surface area contributed by atoms with Crippen molar-refractivity contribution in [3.8, 4) is 34.4 Å². The Balaban J connectivity index is 0.833. The number of likely N-dealkylation sites (N-methyl/N-ethyl adjacent to an activating group) is 1. The fourth-order valence-corrected chi connectivity index (χ4v) is 8.70. The van der Waals surface area contributed by atoms with E-state index < -0.39 is 6.04 Å². The van der Waals surface area contributed by atoms with Crippen LogP contribution in [-0.4, -0.2) is 79.5 Å². The SMILES string of the molecule is CN(C)[C@@H](C(=O)N1CCCC1c1ncc(-c2ccc(C#Cc3ccc(-c4cnc(C5CCCN5C(=O)[C@H](NC(=O)C5CC5)c5ccccc5)[nH]4)cc3)cc2)[nH]1)c1ccccc1. The number of hydrogen-bond donors (Lipinski definition) is 3. The number of nitrogens with zero attached hydrogens (tertiary/aromatic N) is 5. The highest BCUT2D eigenvalue weighted by molar-refractivity contribution is 5.90. The number of aromatic amines is 2. The van der Waals surface area contributed by atoms with E-state index >= 15 is 0 Å². The molecule has 0 bridgehead atoms. The fraction of sp³-hybridized carbons (Fsp3) is 0.300. The summed E-state index contributed by atoms with van der Waals surface area (Å²) in [5, 5.41) is 3.05. The molecule has 0 radical (unpaired) electrons. The predicted octanol–water partition coefficient (Wildman–Crippen LogP) is 7.76. The number of benzene rings is 4. The molecule has 1 saturated carbocycles. The first-order valence-corrected chi connectivity index (χ1v) is 21.3. The van der Waals surface area contributed by atoms with Gasteiger partial charge in [0.15, 0.2) is 0 Å². The molecule has 2 saturated heterocycles. The monoisotopic (exact) mass is 810 g/mol. The van der Waals surface area contributed by atoms with Crippen LogP contribution in [0.1, 0.15) is 96.6 Å². The molecule has 3 amide bonds. The van der Waals surface area contributed by atoms with Gasteiger partial charge in [-0.25, -0.2) is 9.97 Å². The molecule has 61 heavy (non-hydrogen) atoms. The predicted molar refractivity (Wildman–Crippen MR) is 234 cm³/mol. The summed E-state index contributed by atoms with van der Waals surface area (Å²) in [6, 6.07) is 34.2. The highest BCUT2D eigenvalue weighted by Gasteiger charge is 2.40. The average molecular weight is 811 g/mol. The summed E-state index contributed by atoms with van der Waals surface area (Å²) in [7, 11) is 3.90. The lowest BCUT2D eigenvalue weighted by atomic mass is 10.0. The highest BCUT2D eigenvalue weighted by Crippen LogP contribution is 2.37. The van der Waals surface area contributed by atoms with Crippen molar-refractivity contribution in [2.24, 2.45) is 5.92 Å². The van der Waals surface area contributed by atoms with Crippen LogP contribution in [0.2, 0.25) is 0 Å². The number of carbonyl (C=O) groups excluding carboxylic acids is 3. The van der Waals surface area contributed by atoms with E-state index in [1.54, 1.807) is 0 Å². The molecule has 11 heteroatoms. The number of amides is 3. The van der Waals surface area contributed by atoms with Crippen LogP contribution in [-0.2, 0) is 14.4 Å². The number of H-pyrrole nitrogens is 2. The van der Waals surface area contributed by atoms with Crippen molar-refractivity contribution in [2.75, 3.05) is 27.2 Å². The Morgan fingerprint density at radius 2 is 1.11 bits per heavy atom. The maximum atomic E-state index is 14.1. The molecule has 3 fully saturated rings. The summed E-state index contributed by atoms with van der Waals surface area (Å²) in [6.07, 6.45) is 8.88. The minimum atomic E-state index is -0.726. The van der Waals surface area contributed by atoms with Gasteiger partial charge in [0.05, 0.1) is 35.9 Å². The molecule has 11 nitrogen and oxygen atoms in total. The number of imidazole rings is 2. The summed E-state index contributed by atoms with van der Waals surface area (Å²) in [5.41, 5.74) is 7.30. The van der Waals surface area contributed by atoms with E-state index in [0.29, 0.717) is 13.1 Å². The van der Waals surface area contributed by atoms with Gasteiger partial charge >= 0.3 is 0 Å². The van der Waals surface area contributed by atoms with Gasteiger partial charge in [-0.2, -0.15) is 0 Å². The Bertz CT molecular complexity index is 2550. The van der Waals surface area contributed by atoms with Gasteiger partial charge in [0.2, 0.25) is 17.7 Å². The zero-order valence-corrected chi connectivity index (χ0v) is 34.6. The van der Waals surface area contributed by atoms with Crippen molar-refractivity contribution < 1.29 is 14.4 Å². The molecule has 6 aromatic rings. The first kappa shape index (κ1) is 39.7. The minimum absolute atomic E-state index is 0.00517. The first-order chi connectivity index (χ1) is 29.8. The Morgan fingerprint density at radius 3 is 1.59 bits per heavy atom. The first-order valence-electron chi connectivity index (χ1n) is 21.3. The molecule has 2 aliphatic heterocycles. The average Bonchev–Trinajstić information content (AvgIpc) is 3.73. The number of aromatic nitrogens is 4. The number of nitrogens with one attached hydrogen (secondary N) is 3. The van der Waals surface area contributed by atoms with Crippen molar-refractivity contribution in [1.82, 2.24) is 40.0 Å². The molecular weight excluding hydrogens is 761 g/mol. The molecule has 0 spiro atoms. The van der Waals surface area contributed by atoms with Crippen LogP contribution in [0, 0.1) is 17.8 Å². The van der Waals surface area contributed by atoms with Crippen LogP contribution >= 0.6 is 0 Å². The van der Waals surface area contributed by atoms with E-state index in [9.17, 15) is 14.4 Å². The van der Waals surface area contributed by atoms with Crippen LogP contribution in [0.25, 0.3) is 22.5 Å². The number of carbonyl (C=O) groups is 3. The van der Waals surface area contributed by atoms with E-state index in [1.807, 2.05) is 150 Å². The lowest BCUT2D eigenvalue weighted by molar-refractivity contribution is -0.138. The highest BCUT2D eigenvalue weighted by atomic mass is 16.2. The molecule has 308 valence electrons. The molecule has 1 aliphatic carbocycles. The third-order valence-corrected chi connectivity index (χ3v) is 12.1. The van der Waals surface area contributed by atoms with Gasteiger partial charge in [-0.3, -0.25) is 19.3 Å². The largest absolute Gasteiger partial charge is 0.340 e. The molecule has 3 N–H and O–H groups in total. The Morgan fingerprint density at radius 1 is 0.639 bits per heavy atom. The smallest absolute Gasteiger partial charge is 0.250 e. The van der Waals surface area contributed by atoms with Crippen LogP contribution < -0.4 is 5.32 Å². The minimum Gasteiger partial charge on any atom is -0.340 e. The van der Waals surface area contributed by atoms with Crippen molar-refractivity contribution in [3.63, 3.8) is 0 Å². The summed E-state index contributed by atoms with van der Waals surface area (Å²) in [4.78, 5) is 63.1. The lowest BCUT2D eigenvalue weighted by Crippen LogP contribution is -2.43. The van der Waals surface area contributed by atoms with Crippen molar-refractivity contribution >= 4 is 17.7 Å². The topological polar surface area (TPSA) is 130 Å². The standard InChI is InChI=1S/C50H50N8O3/c1-56(2)45(38-13-7-4-8-14-38)50(61)58-30-10-16-43(58)47-52-32-41(54-47)36-25-21-34(22-26-36)18-17-33-19-23-35(24-20-33)40-31-51-46(53-40)42-15-9-29-57(42)49(60)44(37-11-5-3-6-12-37)55-48(59)39-27-28-39/h3-8,11-14,19-26,31-32,39,42-45H,9-10,15-16,27-30H2,1-2H3,(H,51,53)(H,52,54)(H,55,59)/t42?,43?,44-,45-/m1/s1. The molecule has 4 atom stereocenters. The van der Waals surface area contributed by atoms with Crippen LogP contribution in [0.5, 0.6) is 0 Å². The van der Waals surface area contributed by atoms with Gasteiger partial charge < -0.3 is 25.1 Å². The second-order valence-electron chi connectivity index (χ2n) is 16.6. The Kier molecular flexibility index (Phi) is 11.3. The molecule has 3 aliphatic rings. The number of rotatable bonds is 11. The summed E-state index contributed by atoms with van der Waals surface area (Å²) >= 11 is 0. The van der Waals surface area contributed by atoms with Gasteiger partial charge in [0.1, 0.15) is 23.7 Å². The second-order valence-corrected chi connectivity index (χ2v) is 16.6. The van der Waals surface area contributed by atoms with Crippen molar-refractivity contribution in [2.45, 2.75) is 62.7 Å². The zero-order chi connectivity index (χ0) is 41.9. The van der Waals surface area contributed by atoms with Crippen LogP contribution in [0.15, 0.2) is 122 Å². The van der Waals surface area contributed by atoms with Crippen LogP contribution in [0.3, 0.4) is 0 Å². The van der Waals surface area contributed by atoms with Crippen molar-refractivity contribution in [1.29, 1.82) is 0 Å². The third kappa shape index (κ3) is 8.63. The molecule has 2 aromatic heterocycles. The summed E-state index contributed by atoms with van der Waals surface area (Å²) < 4.78 is 0. The molecule has 2 unspecified atom stereocenters. The number of hydrogen-bond acceptors (Lipinski definition) is 6. The Hall–Kier alpha value is -6.77. The third-order valence-electron chi connectivity index (χ3n) is 12.1. The summed E-state index contributed by atoms with van der Waals surface area (Å²) in [5.74, 6) is 8.08. The normalized spacial score (nSPS) is 18.4. The zero-order valence-electron chi connectivity index (χ0n) is 34.6. The van der Waals surface area contributed by atoms with Crippen LogP contribution in [0.4, 0.5) is 0 Å². The van der Waals surface area contributed by atoms with Gasteiger partial charge in [0, 0.05) is 30.1 Å². The van der Waals surface area contributed by atoms with E-state index in [-0.39, 0.29) is 41.8 Å². The van der Waals surface area contributed by atoms with E-state index in [4.69, 9.17) is 9.97 Å². The molecule has 4 aromatic carbocycles. The van der Waals surface area contributed by atoms with Gasteiger partial charge in [-0.15, -0.1) is 0 Å². The van der Waals surface area contributed by atoms with Gasteiger partial charge in [-0.05, 0) is 99.1 Å². The maximum Gasteiger partial charge on any atom is 0.250 e. The second kappa shape index (κ2) is 17.4. The quantitative estimate of drug-likeness (QED) is 0.115. The van der Waals surface area contributed by atoms with E-state index in [0.717, 1.165) is 94.9 Å². The fourth-order valence-electron chi connectivity index (χ4n) is 8.70. The molecule has 9 rings (SSSR count). The maximum absolute atomic E-state index is 14.1. The van der Waals surface area contributed by atoms with E-state index in [1.165, 1.54) is 0 Å². The van der Waals surface area contributed by atoms with Crippen molar-refractivity contribution in [3.05, 3.63) is 155 Å². The summed E-state index contributed by atoms with van der Waals surface area (Å²) in [6.45, 7) is 1.32. The van der Waals surface area contributed by atoms with Gasteiger partial charge in [0.25, 0.3) is 0 Å².